The van der Waals surface area contributed by atoms with E-state index < -0.39 is 0 Å². The van der Waals surface area contributed by atoms with Gasteiger partial charge in [-0.1, -0.05) is 18.2 Å². The molecular formula is C26H30N2O2. The van der Waals surface area contributed by atoms with Crippen LogP contribution in [-0.4, -0.2) is 25.7 Å². The summed E-state index contributed by atoms with van der Waals surface area (Å²) in [5.41, 5.74) is 6.58. The predicted octanol–water partition coefficient (Wildman–Crippen LogP) is 5.40. The Morgan fingerprint density at radius 3 is 2.50 bits per heavy atom. The van der Waals surface area contributed by atoms with Crippen molar-refractivity contribution in [3.8, 4) is 11.5 Å². The number of benzene rings is 2. The normalized spacial score (nSPS) is 15.4. The molecular weight excluding hydrogens is 372 g/mol. The van der Waals surface area contributed by atoms with Crippen molar-refractivity contribution in [3.05, 3.63) is 83.2 Å². The van der Waals surface area contributed by atoms with Gasteiger partial charge in [0.1, 0.15) is 11.5 Å². The van der Waals surface area contributed by atoms with E-state index in [4.69, 9.17) is 9.47 Å². The number of hydrogen-bond acceptors (Lipinski definition) is 4. The van der Waals surface area contributed by atoms with Crippen molar-refractivity contribution < 1.29 is 9.47 Å². The molecule has 0 saturated heterocycles. The highest BCUT2D eigenvalue weighted by Gasteiger charge is 2.24. The molecule has 1 atom stereocenters. The Labute approximate surface area is 179 Å². The van der Waals surface area contributed by atoms with Gasteiger partial charge in [-0.2, -0.15) is 0 Å². The van der Waals surface area contributed by atoms with Crippen molar-refractivity contribution in [3.63, 3.8) is 0 Å². The second-order valence-electron chi connectivity index (χ2n) is 7.83. The third-order valence-corrected chi connectivity index (χ3v) is 6.12. The Bertz CT molecular complexity index is 988. The van der Waals surface area contributed by atoms with Crippen molar-refractivity contribution in [1.82, 2.24) is 4.98 Å². The lowest BCUT2D eigenvalue weighted by Gasteiger charge is -2.31. The van der Waals surface area contributed by atoms with Gasteiger partial charge in [-0.15, -0.1) is 0 Å². The number of methoxy groups -OCH3 is 2. The molecule has 0 aliphatic heterocycles. The number of fused-ring (bicyclic) bond motifs is 1. The van der Waals surface area contributed by atoms with E-state index in [-0.39, 0.29) is 0 Å². The van der Waals surface area contributed by atoms with Gasteiger partial charge < -0.3 is 14.4 Å². The number of pyridine rings is 1. The van der Waals surface area contributed by atoms with E-state index in [0.29, 0.717) is 5.92 Å². The SMILES string of the molecule is CCN(Cc1ccccn1)c1cc(OC)ccc1C1CCc2cc(OC)ccc2C1. The van der Waals surface area contributed by atoms with Gasteiger partial charge in [0.05, 0.1) is 26.5 Å². The van der Waals surface area contributed by atoms with Crippen LogP contribution in [-0.2, 0) is 19.4 Å². The summed E-state index contributed by atoms with van der Waals surface area (Å²) in [6.07, 6.45) is 5.14. The lowest BCUT2D eigenvalue weighted by molar-refractivity contribution is 0.412. The fraction of sp³-hybridized carbons (Fsp3) is 0.346. The van der Waals surface area contributed by atoms with Crippen LogP contribution in [0.4, 0.5) is 5.69 Å². The molecule has 4 heteroatoms. The number of hydrogen-bond donors (Lipinski definition) is 0. The minimum absolute atomic E-state index is 0.490. The monoisotopic (exact) mass is 402 g/mol. The summed E-state index contributed by atoms with van der Waals surface area (Å²) in [6, 6.07) is 19.1. The molecule has 0 fully saturated rings. The number of ether oxygens (including phenoxy) is 2. The average Bonchev–Trinajstić information content (AvgIpc) is 2.82. The lowest BCUT2D eigenvalue weighted by atomic mass is 9.79. The van der Waals surface area contributed by atoms with E-state index in [2.05, 4.69) is 65.3 Å². The van der Waals surface area contributed by atoms with Gasteiger partial charge in [0.15, 0.2) is 0 Å². The summed E-state index contributed by atoms with van der Waals surface area (Å²) in [6.45, 7) is 3.91. The van der Waals surface area contributed by atoms with Crippen LogP contribution in [0.2, 0.25) is 0 Å². The molecule has 2 aromatic carbocycles. The highest BCUT2D eigenvalue weighted by atomic mass is 16.5. The van der Waals surface area contributed by atoms with Crippen LogP contribution in [0.15, 0.2) is 60.8 Å². The molecule has 4 rings (SSSR count). The molecule has 0 amide bonds. The van der Waals surface area contributed by atoms with Crippen LogP contribution < -0.4 is 14.4 Å². The van der Waals surface area contributed by atoms with E-state index in [1.807, 2.05) is 12.3 Å². The highest BCUT2D eigenvalue weighted by Crippen LogP contribution is 2.40. The zero-order chi connectivity index (χ0) is 20.9. The summed E-state index contributed by atoms with van der Waals surface area (Å²) in [4.78, 5) is 6.94. The molecule has 30 heavy (non-hydrogen) atoms. The third kappa shape index (κ3) is 4.28. The fourth-order valence-electron chi connectivity index (χ4n) is 4.45. The number of aryl methyl sites for hydroxylation is 1. The summed E-state index contributed by atoms with van der Waals surface area (Å²) >= 11 is 0. The number of anilines is 1. The first-order chi connectivity index (χ1) is 14.7. The molecule has 4 nitrogen and oxygen atoms in total. The number of aromatic nitrogens is 1. The Morgan fingerprint density at radius 2 is 1.77 bits per heavy atom. The molecule has 0 spiro atoms. The van der Waals surface area contributed by atoms with Crippen LogP contribution >= 0.6 is 0 Å². The van der Waals surface area contributed by atoms with Gasteiger partial charge in [0.2, 0.25) is 0 Å². The van der Waals surface area contributed by atoms with Crippen molar-refractivity contribution in [1.29, 1.82) is 0 Å². The average molecular weight is 403 g/mol. The maximum absolute atomic E-state index is 5.57. The molecule has 1 aromatic heterocycles. The molecule has 0 radical (unpaired) electrons. The number of rotatable bonds is 7. The van der Waals surface area contributed by atoms with Crippen LogP contribution in [0, 0.1) is 0 Å². The number of nitrogens with zero attached hydrogens (tertiary/aromatic N) is 2. The molecule has 0 N–H and O–H groups in total. The standard InChI is InChI=1S/C26H30N2O2/c1-4-28(18-22-7-5-6-14-27-22)26-17-24(30-3)12-13-25(26)21-9-8-20-16-23(29-2)11-10-19(20)15-21/h5-7,10-14,16-17,21H,4,8-9,15,18H2,1-3H3. The second-order valence-corrected chi connectivity index (χ2v) is 7.83. The molecule has 1 aliphatic carbocycles. The first kappa shape index (κ1) is 20.3. The van der Waals surface area contributed by atoms with Gasteiger partial charge in [-0.25, -0.2) is 0 Å². The van der Waals surface area contributed by atoms with Gasteiger partial charge in [-0.3, -0.25) is 4.98 Å². The van der Waals surface area contributed by atoms with Crippen molar-refractivity contribution in [2.45, 2.75) is 38.6 Å². The molecule has 0 saturated carbocycles. The second kappa shape index (κ2) is 9.21. The van der Waals surface area contributed by atoms with E-state index >= 15 is 0 Å². The summed E-state index contributed by atoms with van der Waals surface area (Å²) in [7, 11) is 3.47. The Kier molecular flexibility index (Phi) is 6.22. The molecule has 1 aliphatic rings. The van der Waals surface area contributed by atoms with Gasteiger partial charge in [0, 0.05) is 24.5 Å². The zero-order valence-corrected chi connectivity index (χ0v) is 18.1. The molecule has 1 unspecified atom stereocenters. The summed E-state index contributed by atoms with van der Waals surface area (Å²) in [5, 5.41) is 0. The molecule has 1 heterocycles. The van der Waals surface area contributed by atoms with Crippen LogP contribution in [0.3, 0.4) is 0 Å². The van der Waals surface area contributed by atoms with E-state index in [0.717, 1.165) is 49.5 Å². The van der Waals surface area contributed by atoms with Crippen LogP contribution in [0.5, 0.6) is 11.5 Å². The highest BCUT2D eigenvalue weighted by molar-refractivity contribution is 5.59. The van der Waals surface area contributed by atoms with Crippen molar-refractivity contribution in [2.75, 3.05) is 25.7 Å². The fourth-order valence-corrected chi connectivity index (χ4v) is 4.45. The largest absolute Gasteiger partial charge is 0.497 e. The molecule has 0 bridgehead atoms. The maximum Gasteiger partial charge on any atom is 0.120 e. The predicted molar refractivity (Wildman–Crippen MR) is 122 cm³/mol. The van der Waals surface area contributed by atoms with Gasteiger partial charge in [0.25, 0.3) is 0 Å². The van der Waals surface area contributed by atoms with Gasteiger partial charge >= 0.3 is 0 Å². The summed E-state index contributed by atoms with van der Waals surface area (Å²) in [5.74, 6) is 2.34. The zero-order valence-electron chi connectivity index (χ0n) is 18.1. The van der Waals surface area contributed by atoms with Gasteiger partial charge in [-0.05, 0) is 79.1 Å². The summed E-state index contributed by atoms with van der Waals surface area (Å²) < 4.78 is 11.0. The van der Waals surface area contributed by atoms with E-state index in [1.54, 1.807) is 14.2 Å². The van der Waals surface area contributed by atoms with E-state index in [9.17, 15) is 0 Å². The Hall–Kier alpha value is -3.01. The quantitative estimate of drug-likeness (QED) is 0.530. The van der Waals surface area contributed by atoms with Crippen molar-refractivity contribution in [2.24, 2.45) is 0 Å². The Morgan fingerprint density at radius 1 is 0.967 bits per heavy atom. The maximum atomic E-state index is 5.57. The lowest BCUT2D eigenvalue weighted by Crippen LogP contribution is -2.25. The van der Waals surface area contributed by atoms with Crippen molar-refractivity contribution >= 4 is 5.69 Å². The topological polar surface area (TPSA) is 34.6 Å². The minimum atomic E-state index is 0.490. The smallest absolute Gasteiger partial charge is 0.120 e. The Balaban J connectivity index is 1.66. The first-order valence-electron chi connectivity index (χ1n) is 10.7. The molecule has 156 valence electrons. The third-order valence-electron chi connectivity index (χ3n) is 6.12. The minimum Gasteiger partial charge on any atom is -0.497 e. The van der Waals surface area contributed by atoms with E-state index in [1.165, 1.54) is 22.4 Å². The van der Waals surface area contributed by atoms with Crippen LogP contribution in [0.25, 0.3) is 0 Å². The van der Waals surface area contributed by atoms with Crippen LogP contribution in [0.1, 0.15) is 41.6 Å². The first-order valence-corrected chi connectivity index (χ1v) is 10.7. The molecule has 3 aromatic rings.